The number of aromatic nitrogens is 1. The molecule has 0 amide bonds. The van der Waals surface area contributed by atoms with Crippen LogP contribution in [0.4, 0.5) is 0 Å². The Bertz CT molecular complexity index is 462. The topological polar surface area (TPSA) is 54.4 Å². The maximum Gasteiger partial charge on any atom is 0.0897 e. The summed E-state index contributed by atoms with van der Waals surface area (Å²) in [6.45, 7) is 2.27. The average molecular weight is 292 g/mol. The lowest BCUT2D eigenvalue weighted by atomic mass is 10.2. The highest BCUT2D eigenvalue weighted by Gasteiger charge is 2.04. The minimum atomic E-state index is -0.473. The van der Waals surface area contributed by atoms with E-state index in [1.165, 1.54) is 4.88 Å². The molecule has 0 fully saturated rings. The van der Waals surface area contributed by atoms with Gasteiger partial charge in [-0.3, -0.25) is 4.98 Å². The molecular weight excluding hydrogens is 272 g/mol. The van der Waals surface area contributed by atoms with E-state index in [9.17, 15) is 5.11 Å². The van der Waals surface area contributed by atoms with Crippen LogP contribution < -0.4 is 5.32 Å². The summed E-state index contributed by atoms with van der Waals surface area (Å²) in [4.78, 5) is 5.43. The van der Waals surface area contributed by atoms with Crippen LogP contribution in [-0.2, 0) is 17.8 Å². The average Bonchev–Trinajstić information content (AvgIpc) is 2.98. The molecular formula is C15H20N2O2S. The number of aliphatic hydroxyl groups excluding tert-OH is 1. The molecule has 2 heterocycles. The van der Waals surface area contributed by atoms with E-state index < -0.39 is 6.10 Å². The second-order valence-electron chi connectivity index (χ2n) is 4.52. The Morgan fingerprint density at radius 2 is 2.25 bits per heavy atom. The highest BCUT2D eigenvalue weighted by Crippen LogP contribution is 2.09. The fraction of sp³-hybridized carbons (Fsp3) is 0.400. The van der Waals surface area contributed by atoms with Crippen LogP contribution in [0.1, 0.15) is 10.6 Å². The zero-order valence-corrected chi connectivity index (χ0v) is 12.2. The molecule has 0 aliphatic rings. The minimum absolute atomic E-state index is 0.356. The first kappa shape index (κ1) is 15.1. The summed E-state index contributed by atoms with van der Waals surface area (Å²) in [5, 5.41) is 15.0. The quantitative estimate of drug-likeness (QED) is 0.693. The van der Waals surface area contributed by atoms with Gasteiger partial charge in [-0.25, -0.2) is 0 Å². The van der Waals surface area contributed by atoms with Gasteiger partial charge in [0.25, 0.3) is 0 Å². The van der Waals surface area contributed by atoms with Crippen LogP contribution in [0.2, 0.25) is 0 Å². The molecule has 1 unspecified atom stereocenters. The molecule has 20 heavy (non-hydrogen) atoms. The lowest BCUT2D eigenvalue weighted by Gasteiger charge is -2.12. The molecule has 2 aromatic heterocycles. The van der Waals surface area contributed by atoms with Crippen molar-refractivity contribution in [2.75, 3.05) is 19.7 Å². The molecule has 5 heteroatoms. The molecule has 0 radical (unpaired) electrons. The van der Waals surface area contributed by atoms with Crippen LogP contribution >= 0.6 is 11.3 Å². The second kappa shape index (κ2) is 8.81. The summed E-state index contributed by atoms with van der Waals surface area (Å²) in [6, 6.07) is 9.92. The van der Waals surface area contributed by atoms with E-state index in [0.717, 1.165) is 18.7 Å². The van der Waals surface area contributed by atoms with Crippen LogP contribution in [0.25, 0.3) is 0 Å². The van der Waals surface area contributed by atoms with Crippen LogP contribution in [0.15, 0.2) is 41.9 Å². The molecule has 0 aromatic carbocycles. The second-order valence-corrected chi connectivity index (χ2v) is 5.56. The van der Waals surface area contributed by atoms with Crippen molar-refractivity contribution in [2.45, 2.75) is 19.1 Å². The van der Waals surface area contributed by atoms with Crippen molar-refractivity contribution < 1.29 is 9.84 Å². The first-order valence-electron chi connectivity index (χ1n) is 6.73. The summed E-state index contributed by atoms with van der Waals surface area (Å²) in [5.74, 6) is 0. The smallest absolute Gasteiger partial charge is 0.0897 e. The van der Waals surface area contributed by atoms with Gasteiger partial charge in [-0.1, -0.05) is 12.1 Å². The monoisotopic (exact) mass is 292 g/mol. The highest BCUT2D eigenvalue weighted by atomic mass is 32.1. The third-order valence-electron chi connectivity index (χ3n) is 2.80. The Hall–Kier alpha value is -1.27. The Morgan fingerprint density at radius 1 is 1.30 bits per heavy atom. The standard InChI is InChI=1S/C15H20N2O2S/c18-14(11-19-12-15-5-3-9-20-15)10-16-8-6-13-4-1-2-7-17-13/h1-5,7,9,14,16,18H,6,8,10-12H2. The molecule has 0 aliphatic heterocycles. The normalized spacial score (nSPS) is 12.4. The maximum absolute atomic E-state index is 9.78. The zero-order valence-electron chi connectivity index (χ0n) is 11.4. The molecule has 0 saturated carbocycles. The van der Waals surface area contributed by atoms with Crippen molar-refractivity contribution >= 4 is 11.3 Å². The van der Waals surface area contributed by atoms with Gasteiger partial charge in [0.1, 0.15) is 0 Å². The molecule has 2 N–H and O–H groups in total. The van der Waals surface area contributed by atoms with E-state index >= 15 is 0 Å². The van der Waals surface area contributed by atoms with Crippen LogP contribution in [0.3, 0.4) is 0 Å². The van der Waals surface area contributed by atoms with E-state index in [1.54, 1.807) is 17.5 Å². The molecule has 108 valence electrons. The molecule has 0 saturated heterocycles. The van der Waals surface area contributed by atoms with Gasteiger partial charge in [0, 0.05) is 36.3 Å². The number of aliphatic hydroxyl groups is 1. The van der Waals surface area contributed by atoms with Gasteiger partial charge >= 0.3 is 0 Å². The Labute approximate surface area is 123 Å². The predicted molar refractivity (Wildman–Crippen MR) is 80.8 cm³/mol. The predicted octanol–water partition coefficient (Wildman–Crippen LogP) is 1.85. The lowest BCUT2D eigenvalue weighted by Crippen LogP contribution is -2.31. The van der Waals surface area contributed by atoms with Gasteiger partial charge in [-0.2, -0.15) is 0 Å². The summed E-state index contributed by atoms with van der Waals surface area (Å²) >= 11 is 1.66. The number of nitrogens with zero attached hydrogens (tertiary/aromatic N) is 1. The first-order chi connectivity index (χ1) is 9.84. The minimum Gasteiger partial charge on any atom is -0.389 e. The van der Waals surface area contributed by atoms with Crippen molar-refractivity contribution in [1.29, 1.82) is 0 Å². The third-order valence-corrected chi connectivity index (χ3v) is 3.65. The number of thiophene rings is 1. The van der Waals surface area contributed by atoms with Crippen molar-refractivity contribution in [3.8, 4) is 0 Å². The molecule has 0 bridgehead atoms. The van der Waals surface area contributed by atoms with Crippen molar-refractivity contribution in [3.05, 3.63) is 52.5 Å². The van der Waals surface area contributed by atoms with Crippen molar-refractivity contribution in [1.82, 2.24) is 10.3 Å². The van der Waals surface area contributed by atoms with Gasteiger partial charge in [0.05, 0.1) is 19.3 Å². The summed E-state index contributed by atoms with van der Waals surface area (Å²) in [7, 11) is 0. The summed E-state index contributed by atoms with van der Waals surface area (Å²) in [6.07, 6.45) is 2.19. The van der Waals surface area contributed by atoms with E-state index in [1.807, 2.05) is 35.7 Å². The lowest BCUT2D eigenvalue weighted by molar-refractivity contribution is 0.0300. The van der Waals surface area contributed by atoms with Gasteiger partial charge in [-0.15, -0.1) is 11.3 Å². The van der Waals surface area contributed by atoms with Gasteiger partial charge in [0.15, 0.2) is 0 Å². The number of rotatable bonds is 9. The van der Waals surface area contributed by atoms with Crippen molar-refractivity contribution in [3.63, 3.8) is 0 Å². The Balaban J connectivity index is 1.51. The van der Waals surface area contributed by atoms with Gasteiger partial charge in [-0.05, 0) is 23.6 Å². The summed E-state index contributed by atoms with van der Waals surface area (Å²) < 4.78 is 5.46. The maximum atomic E-state index is 9.78. The highest BCUT2D eigenvalue weighted by molar-refractivity contribution is 7.09. The Morgan fingerprint density at radius 3 is 3.00 bits per heavy atom. The van der Waals surface area contributed by atoms with E-state index in [4.69, 9.17) is 4.74 Å². The molecule has 4 nitrogen and oxygen atoms in total. The van der Waals surface area contributed by atoms with Gasteiger partial charge in [0.2, 0.25) is 0 Å². The zero-order chi connectivity index (χ0) is 14.0. The van der Waals surface area contributed by atoms with Crippen LogP contribution in [0, 0.1) is 0 Å². The van der Waals surface area contributed by atoms with Gasteiger partial charge < -0.3 is 15.2 Å². The number of pyridine rings is 1. The van der Waals surface area contributed by atoms with Crippen molar-refractivity contribution in [2.24, 2.45) is 0 Å². The summed E-state index contributed by atoms with van der Waals surface area (Å²) in [5.41, 5.74) is 1.06. The number of hydrogen-bond acceptors (Lipinski definition) is 5. The van der Waals surface area contributed by atoms with Crippen LogP contribution in [0.5, 0.6) is 0 Å². The van der Waals surface area contributed by atoms with E-state index in [-0.39, 0.29) is 0 Å². The fourth-order valence-corrected chi connectivity index (χ4v) is 2.42. The molecule has 0 aliphatic carbocycles. The molecule has 2 aromatic rings. The third kappa shape index (κ3) is 5.79. The molecule has 0 spiro atoms. The Kier molecular flexibility index (Phi) is 6.66. The fourth-order valence-electron chi connectivity index (χ4n) is 1.78. The number of ether oxygens (including phenoxy) is 1. The first-order valence-corrected chi connectivity index (χ1v) is 7.61. The van der Waals surface area contributed by atoms with E-state index in [0.29, 0.717) is 19.8 Å². The SMILES string of the molecule is OC(CNCCc1ccccn1)COCc1cccs1. The van der Waals surface area contributed by atoms with Crippen LogP contribution in [-0.4, -0.2) is 35.9 Å². The largest absolute Gasteiger partial charge is 0.389 e. The number of hydrogen-bond donors (Lipinski definition) is 2. The number of nitrogens with one attached hydrogen (secondary N) is 1. The van der Waals surface area contributed by atoms with E-state index in [2.05, 4.69) is 10.3 Å². The molecule has 1 atom stereocenters. The molecule has 2 rings (SSSR count).